The maximum atomic E-state index is 12.1. The number of rotatable bonds is 5. The number of anilines is 1. The highest BCUT2D eigenvalue weighted by Crippen LogP contribution is 2.27. The van der Waals surface area contributed by atoms with E-state index in [0.717, 1.165) is 4.47 Å². The van der Waals surface area contributed by atoms with Crippen molar-refractivity contribution in [1.29, 1.82) is 5.26 Å². The van der Waals surface area contributed by atoms with Crippen molar-refractivity contribution in [2.24, 2.45) is 0 Å². The lowest BCUT2D eigenvalue weighted by Crippen LogP contribution is -2.33. The van der Waals surface area contributed by atoms with Crippen LogP contribution in [-0.2, 0) is 0 Å². The van der Waals surface area contributed by atoms with Gasteiger partial charge in [-0.05, 0) is 44.0 Å². The van der Waals surface area contributed by atoms with E-state index in [2.05, 4.69) is 21.2 Å². The van der Waals surface area contributed by atoms with Crippen molar-refractivity contribution in [3.8, 4) is 6.07 Å². The van der Waals surface area contributed by atoms with Crippen LogP contribution in [0.3, 0.4) is 0 Å². The summed E-state index contributed by atoms with van der Waals surface area (Å²) in [6.07, 6.45) is -4.98. The van der Waals surface area contributed by atoms with E-state index >= 15 is 0 Å². The predicted octanol–water partition coefficient (Wildman–Crippen LogP) is 4.88. The summed E-state index contributed by atoms with van der Waals surface area (Å²) in [6, 6.07) is 9.18. The van der Waals surface area contributed by atoms with E-state index < -0.39 is 18.1 Å². The Morgan fingerprint density at radius 2 is 1.79 bits per heavy atom. The molecule has 0 amide bonds. The summed E-state index contributed by atoms with van der Waals surface area (Å²) in [7, 11) is 0. The van der Waals surface area contributed by atoms with Gasteiger partial charge in [-0.1, -0.05) is 15.9 Å². The summed E-state index contributed by atoms with van der Waals surface area (Å²) in [5.41, 5.74) is -0.293. The molecular weight excluding hydrogens is 321 g/mol. The molecule has 1 N–H and O–H groups in total. The van der Waals surface area contributed by atoms with Gasteiger partial charge in [0.1, 0.15) is 5.54 Å². The molecular formula is C13H14BrF3N2. The van der Waals surface area contributed by atoms with Gasteiger partial charge >= 0.3 is 6.18 Å². The number of alkyl halides is 3. The summed E-state index contributed by atoms with van der Waals surface area (Å²) in [5.74, 6) is 0. The zero-order chi connectivity index (χ0) is 14.5. The lowest BCUT2D eigenvalue weighted by molar-refractivity contribution is -0.135. The van der Waals surface area contributed by atoms with Crippen LogP contribution in [-0.4, -0.2) is 11.7 Å². The van der Waals surface area contributed by atoms with Crippen molar-refractivity contribution in [1.82, 2.24) is 0 Å². The van der Waals surface area contributed by atoms with E-state index in [0.29, 0.717) is 5.69 Å². The fourth-order valence-electron chi connectivity index (χ4n) is 1.64. The minimum atomic E-state index is -4.17. The van der Waals surface area contributed by atoms with E-state index in [4.69, 9.17) is 5.26 Å². The Kier molecular flexibility index (Phi) is 5.24. The van der Waals surface area contributed by atoms with E-state index in [-0.39, 0.29) is 12.8 Å². The van der Waals surface area contributed by atoms with E-state index in [9.17, 15) is 13.2 Å². The minimum absolute atomic E-state index is 0.0723. The molecule has 19 heavy (non-hydrogen) atoms. The SMILES string of the molecule is CC(C#N)(CCCC(F)(F)F)Nc1ccc(Br)cc1. The van der Waals surface area contributed by atoms with Gasteiger partial charge in [-0.3, -0.25) is 0 Å². The minimum Gasteiger partial charge on any atom is -0.368 e. The van der Waals surface area contributed by atoms with Gasteiger partial charge in [-0.15, -0.1) is 0 Å². The topological polar surface area (TPSA) is 35.8 Å². The highest BCUT2D eigenvalue weighted by Gasteiger charge is 2.30. The molecule has 0 fully saturated rings. The average Bonchev–Trinajstić information content (AvgIpc) is 2.30. The summed E-state index contributed by atoms with van der Waals surface area (Å²) in [4.78, 5) is 0. The molecule has 0 saturated heterocycles. The van der Waals surface area contributed by atoms with Gasteiger partial charge in [0.25, 0.3) is 0 Å². The van der Waals surface area contributed by atoms with Crippen molar-refractivity contribution >= 4 is 21.6 Å². The van der Waals surface area contributed by atoms with Gasteiger partial charge in [-0.25, -0.2) is 0 Å². The zero-order valence-corrected chi connectivity index (χ0v) is 12.0. The fourth-order valence-corrected chi connectivity index (χ4v) is 1.90. The van der Waals surface area contributed by atoms with Crippen LogP contribution in [0.25, 0.3) is 0 Å². The predicted molar refractivity (Wildman–Crippen MR) is 71.7 cm³/mol. The van der Waals surface area contributed by atoms with Gasteiger partial charge in [0.15, 0.2) is 0 Å². The molecule has 1 aromatic rings. The lowest BCUT2D eigenvalue weighted by Gasteiger charge is -2.24. The van der Waals surface area contributed by atoms with Crippen molar-refractivity contribution in [2.45, 2.75) is 37.9 Å². The number of nitriles is 1. The molecule has 0 bridgehead atoms. The largest absolute Gasteiger partial charge is 0.389 e. The summed E-state index contributed by atoms with van der Waals surface area (Å²) >= 11 is 3.29. The molecule has 0 radical (unpaired) electrons. The Bertz CT molecular complexity index is 450. The average molecular weight is 335 g/mol. The van der Waals surface area contributed by atoms with E-state index in [1.165, 1.54) is 0 Å². The fraction of sp³-hybridized carbons (Fsp3) is 0.462. The highest BCUT2D eigenvalue weighted by molar-refractivity contribution is 9.10. The molecule has 6 heteroatoms. The molecule has 1 unspecified atom stereocenters. The molecule has 0 heterocycles. The van der Waals surface area contributed by atoms with Crippen LogP contribution in [0.15, 0.2) is 28.7 Å². The molecule has 0 aliphatic heterocycles. The highest BCUT2D eigenvalue weighted by atomic mass is 79.9. The Labute approximate surface area is 118 Å². The molecule has 0 aromatic heterocycles. The first-order valence-corrected chi connectivity index (χ1v) is 6.55. The van der Waals surface area contributed by atoms with Gasteiger partial charge in [0, 0.05) is 16.6 Å². The number of hydrogen-bond donors (Lipinski definition) is 1. The molecule has 0 aliphatic rings. The normalized spacial score (nSPS) is 14.5. The maximum absolute atomic E-state index is 12.1. The molecule has 104 valence electrons. The third-order valence-corrected chi connectivity index (χ3v) is 3.18. The van der Waals surface area contributed by atoms with E-state index in [1.807, 2.05) is 6.07 Å². The Balaban J connectivity index is 2.60. The molecule has 1 aromatic carbocycles. The first kappa shape index (κ1) is 15.8. The summed E-state index contributed by atoms with van der Waals surface area (Å²) in [5, 5.41) is 12.1. The second-order valence-electron chi connectivity index (χ2n) is 4.54. The van der Waals surface area contributed by atoms with Gasteiger partial charge in [0.2, 0.25) is 0 Å². The quantitative estimate of drug-likeness (QED) is 0.833. The number of benzene rings is 1. The molecule has 1 atom stereocenters. The molecule has 0 saturated carbocycles. The van der Waals surface area contributed by atoms with E-state index in [1.54, 1.807) is 31.2 Å². The Morgan fingerprint density at radius 1 is 1.21 bits per heavy atom. The van der Waals surface area contributed by atoms with Crippen LogP contribution in [0.5, 0.6) is 0 Å². The number of nitrogens with one attached hydrogen (secondary N) is 1. The van der Waals surface area contributed by atoms with Crippen LogP contribution < -0.4 is 5.32 Å². The smallest absolute Gasteiger partial charge is 0.368 e. The van der Waals surface area contributed by atoms with Gasteiger partial charge in [-0.2, -0.15) is 18.4 Å². The standard InChI is InChI=1S/C13H14BrF3N2/c1-12(9-18,7-2-8-13(15,16)17)19-11-5-3-10(14)4-6-11/h3-6,19H,2,7-8H2,1H3. The van der Waals surface area contributed by atoms with Crippen molar-refractivity contribution in [2.75, 3.05) is 5.32 Å². The Morgan fingerprint density at radius 3 is 2.26 bits per heavy atom. The second-order valence-corrected chi connectivity index (χ2v) is 5.46. The third-order valence-electron chi connectivity index (χ3n) is 2.65. The van der Waals surface area contributed by atoms with Crippen LogP contribution >= 0.6 is 15.9 Å². The van der Waals surface area contributed by atoms with Crippen LogP contribution in [0, 0.1) is 11.3 Å². The maximum Gasteiger partial charge on any atom is 0.389 e. The molecule has 2 nitrogen and oxygen atoms in total. The Hall–Kier alpha value is -1.22. The first-order valence-electron chi connectivity index (χ1n) is 5.76. The summed E-state index contributed by atoms with van der Waals surface area (Å²) in [6.45, 7) is 1.60. The van der Waals surface area contributed by atoms with Crippen LogP contribution in [0.2, 0.25) is 0 Å². The van der Waals surface area contributed by atoms with Crippen molar-refractivity contribution in [3.05, 3.63) is 28.7 Å². The third kappa shape index (κ3) is 5.97. The van der Waals surface area contributed by atoms with Crippen molar-refractivity contribution < 1.29 is 13.2 Å². The summed E-state index contributed by atoms with van der Waals surface area (Å²) < 4.78 is 37.2. The van der Waals surface area contributed by atoms with Crippen LogP contribution in [0.4, 0.5) is 18.9 Å². The number of hydrogen-bond acceptors (Lipinski definition) is 2. The monoisotopic (exact) mass is 334 g/mol. The second kappa shape index (κ2) is 6.29. The number of nitrogens with zero attached hydrogens (tertiary/aromatic N) is 1. The lowest BCUT2D eigenvalue weighted by atomic mass is 9.96. The molecule has 0 aliphatic carbocycles. The van der Waals surface area contributed by atoms with Crippen LogP contribution in [0.1, 0.15) is 26.2 Å². The van der Waals surface area contributed by atoms with Gasteiger partial charge in [0.05, 0.1) is 6.07 Å². The first-order chi connectivity index (χ1) is 8.74. The number of halogens is 4. The van der Waals surface area contributed by atoms with Gasteiger partial charge < -0.3 is 5.32 Å². The molecule has 0 spiro atoms. The molecule has 1 rings (SSSR count). The zero-order valence-electron chi connectivity index (χ0n) is 10.4. The van der Waals surface area contributed by atoms with Crippen molar-refractivity contribution in [3.63, 3.8) is 0 Å².